The molecule has 2 heterocycles. The number of fused-ring (bicyclic) bond motifs is 1. The molecule has 0 unspecified atom stereocenters. The van der Waals surface area contributed by atoms with Crippen LogP contribution in [0.4, 0.5) is 5.69 Å². The van der Waals surface area contributed by atoms with Crippen LogP contribution in [0.25, 0.3) is 10.9 Å². The van der Waals surface area contributed by atoms with Crippen molar-refractivity contribution in [3.05, 3.63) is 59.5 Å². The van der Waals surface area contributed by atoms with Crippen LogP contribution in [0.2, 0.25) is 0 Å². The van der Waals surface area contributed by atoms with Gasteiger partial charge in [0, 0.05) is 28.7 Å². The average Bonchev–Trinajstić information content (AvgIpc) is 2.97. The second-order valence-electron chi connectivity index (χ2n) is 4.97. The van der Waals surface area contributed by atoms with Gasteiger partial charge in [0.2, 0.25) is 0 Å². The number of nitrogens with one attached hydrogen (secondary N) is 2. The van der Waals surface area contributed by atoms with E-state index in [0.29, 0.717) is 17.8 Å². The zero-order chi connectivity index (χ0) is 14.8. The van der Waals surface area contributed by atoms with E-state index in [1.165, 1.54) is 0 Å². The maximum absolute atomic E-state index is 12.4. The standard InChI is InChI=1S/C16H16N4O/c1-10-7-14(13-8-11(17)4-5-15(13)20-10)16(21)19-9-12-3-2-6-18-12/h2-8,18H,9,17H2,1H3,(H,19,21). The molecule has 0 aliphatic carbocycles. The lowest BCUT2D eigenvalue weighted by atomic mass is 10.1. The van der Waals surface area contributed by atoms with Gasteiger partial charge in [-0.2, -0.15) is 0 Å². The highest BCUT2D eigenvalue weighted by Crippen LogP contribution is 2.21. The predicted octanol–water partition coefficient (Wildman–Crippen LogP) is 2.38. The highest BCUT2D eigenvalue weighted by atomic mass is 16.1. The molecule has 0 atom stereocenters. The number of carbonyl (C=O) groups excluding carboxylic acids is 1. The number of benzene rings is 1. The summed E-state index contributed by atoms with van der Waals surface area (Å²) >= 11 is 0. The fourth-order valence-electron chi connectivity index (χ4n) is 2.31. The summed E-state index contributed by atoms with van der Waals surface area (Å²) in [6.07, 6.45) is 1.83. The first-order valence-electron chi connectivity index (χ1n) is 6.71. The van der Waals surface area contributed by atoms with Crippen LogP contribution < -0.4 is 11.1 Å². The number of hydrogen-bond donors (Lipinski definition) is 3. The summed E-state index contributed by atoms with van der Waals surface area (Å²) in [5.41, 5.74) is 9.56. The van der Waals surface area contributed by atoms with E-state index in [0.717, 1.165) is 22.3 Å². The van der Waals surface area contributed by atoms with Crippen molar-refractivity contribution < 1.29 is 4.79 Å². The van der Waals surface area contributed by atoms with Crippen LogP contribution in [0.5, 0.6) is 0 Å². The number of anilines is 1. The van der Waals surface area contributed by atoms with Crippen LogP contribution in [-0.2, 0) is 6.54 Å². The Labute approximate surface area is 122 Å². The first kappa shape index (κ1) is 13.2. The summed E-state index contributed by atoms with van der Waals surface area (Å²) in [6, 6.07) is 11.0. The predicted molar refractivity (Wildman–Crippen MR) is 82.9 cm³/mol. The summed E-state index contributed by atoms with van der Waals surface area (Å²) in [4.78, 5) is 19.9. The zero-order valence-corrected chi connectivity index (χ0v) is 11.7. The summed E-state index contributed by atoms with van der Waals surface area (Å²) in [5, 5.41) is 3.67. The van der Waals surface area contributed by atoms with Crippen molar-refractivity contribution in [2.24, 2.45) is 0 Å². The zero-order valence-electron chi connectivity index (χ0n) is 11.7. The minimum Gasteiger partial charge on any atom is -0.399 e. The highest BCUT2D eigenvalue weighted by molar-refractivity contribution is 6.06. The Morgan fingerprint density at radius 1 is 1.33 bits per heavy atom. The van der Waals surface area contributed by atoms with Crippen molar-refractivity contribution in [2.45, 2.75) is 13.5 Å². The van der Waals surface area contributed by atoms with Crippen molar-refractivity contribution in [1.82, 2.24) is 15.3 Å². The van der Waals surface area contributed by atoms with Gasteiger partial charge in [0.1, 0.15) is 0 Å². The minimum absolute atomic E-state index is 0.134. The van der Waals surface area contributed by atoms with Crippen molar-refractivity contribution >= 4 is 22.5 Å². The number of hydrogen-bond acceptors (Lipinski definition) is 3. The molecule has 0 bridgehead atoms. The van der Waals surface area contributed by atoms with Crippen molar-refractivity contribution in [3.8, 4) is 0 Å². The second kappa shape index (κ2) is 5.28. The molecule has 3 aromatic rings. The number of pyridine rings is 1. The Kier molecular flexibility index (Phi) is 3.31. The quantitative estimate of drug-likeness (QED) is 0.644. The lowest BCUT2D eigenvalue weighted by Gasteiger charge is -2.09. The molecular formula is C16H16N4O. The third kappa shape index (κ3) is 2.72. The Morgan fingerprint density at radius 2 is 2.19 bits per heavy atom. The number of H-pyrrole nitrogens is 1. The van der Waals surface area contributed by atoms with Crippen LogP contribution in [0.15, 0.2) is 42.6 Å². The van der Waals surface area contributed by atoms with Crippen molar-refractivity contribution in [3.63, 3.8) is 0 Å². The summed E-state index contributed by atoms with van der Waals surface area (Å²) < 4.78 is 0. The largest absolute Gasteiger partial charge is 0.399 e. The SMILES string of the molecule is Cc1cc(C(=O)NCc2ccc[nH]2)c2cc(N)ccc2n1. The van der Waals surface area contributed by atoms with Crippen LogP contribution in [0.3, 0.4) is 0 Å². The van der Waals surface area contributed by atoms with Crippen LogP contribution in [0, 0.1) is 6.92 Å². The van der Waals surface area contributed by atoms with Crippen LogP contribution in [0.1, 0.15) is 21.7 Å². The third-order valence-corrected chi connectivity index (χ3v) is 3.31. The molecule has 0 saturated carbocycles. The Bertz CT molecular complexity index is 793. The Morgan fingerprint density at radius 3 is 2.95 bits per heavy atom. The third-order valence-electron chi connectivity index (χ3n) is 3.31. The summed E-state index contributed by atoms with van der Waals surface area (Å²) in [6.45, 7) is 2.33. The van der Waals surface area contributed by atoms with Crippen molar-refractivity contribution in [2.75, 3.05) is 5.73 Å². The minimum atomic E-state index is -0.134. The molecule has 0 spiro atoms. The molecule has 0 aliphatic rings. The van der Waals surface area contributed by atoms with E-state index in [4.69, 9.17) is 5.73 Å². The molecule has 0 saturated heterocycles. The summed E-state index contributed by atoms with van der Waals surface area (Å²) in [5.74, 6) is -0.134. The maximum atomic E-state index is 12.4. The van der Waals surface area contributed by atoms with E-state index in [9.17, 15) is 4.79 Å². The molecule has 5 heteroatoms. The average molecular weight is 280 g/mol. The lowest BCUT2D eigenvalue weighted by Crippen LogP contribution is -2.23. The normalized spacial score (nSPS) is 10.7. The van der Waals surface area contributed by atoms with E-state index >= 15 is 0 Å². The molecule has 1 amide bonds. The molecule has 21 heavy (non-hydrogen) atoms. The number of nitrogens with zero attached hydrogens (tertiary/aromatic N) is 1. The van der Waals surface area contributed by atoms with E-state index in [-0.39, 0.29) is 5.91 Å². The molecule has 3 rings (SSSR count). The topological polar surface area (TPSA) is 83.8 Å². The second-order valence-corrected chi connectivity index (χ2v) is 4.97. The molecule has 2 aromatic heterocycles. The Balaban J connectivity index is 1.94. The van der Waals surface area contributed by atoms with Gasteiger partial charge in [0.05, 0.1) is 17.6 Å². The number of aromatic amines is 1. The van der Waals surface area contributed by atoms with Gasteiger partial charge in [-0.25, -0.2) is 0 Å². The summed E-state index contributed by atoms with van der Waals surface area (Å²) in [7, 11) is 0. The van der Waals surface area contributed by atoms with E-state index in [1.54, 1.807) is 18.2 Å². The fraction of sp³-hybridized carbons (Fsp3) is 0.125. The number of nitrogen functional groups attached to an aromatic ring is 1. The molecule has 5 nitrogen and oxygen atoms in total. The van der Waals surface area contributed by atoms with E-state index in [2.05, 4.69) is 15.3 Å². The molecule has 0 aliphatic heterocycles. The number of carbonyl (C=O) groups is 1. The monoisotopic (exact) mass is 280 g/mol. The molecule has 106 valence electrons. The molecule has 1 aromatic carbocycles. The number of aromatic nitrogens is 2. The van der Waals surface area contributed by atoms with Gasteiger partial charge >= 0.3 is 0 Å². The van der Waals surface area contributed by atoms with Gasteiger partial charge < -0.3 is 16.0 Å². The highest BCUT2D eigenvalue weighted by Gasteiger charge is 2.12. The molecule has 4 N–H and O–H groups in total. The fourth-order valence-corrected chi connectivity index (χ4v) is 2.31. The first-order chi connectivity index (χ1) is 10.1. The Hall–Kier alpha value is -2.82. The number of nitrogens with two attached hydrogens (primary N) is 1. The molecular weight excluding hydrogens is 264 g/mol. The van der Waals surface area contributed by atoms with Gasteiger partial charge in [-0.05, 0) is 43.3 Å². The van der Waals surface area contributed by atoms with Gasteiger partial charge in [-0.1, -0.05) is 0 Å². The molecule has 0 fully saturated rings. The maximum Gasteiger partial charge on any atom is 0.252 e. The van der Waals surface area contributed by atoms with Gasteiger partial charge in [0.25, 0.3) is 5.91 Å². The van der Waals surface area contributed by atoms with E-state index < -0.39 is 0 Å². The van der Waals surface area contributed by atoms with Crippen molar-refractivity contribution in [1.29, 1.82) is 0 Å². The number of aryl methyl sites for hydroxylation is 1. The smallest absolute Gasteiger partial charge is 0.252 e. The number of rotatable bonds is 3. The van der Waals surface area contributed by atoms with Crippen LogP contribution >= 0.6 is 0 Å². The number of amides is 1. The molecule has 0 radical (unpaired) electrons. The van der Waals surface area contributed by atoms with Gasteiger partial charge in [-0.15, -0.1) is 0 Å². The van der Waals surface area contributed by atoms with Gasteiger partial charge in [0.15, 0.2) is 0 Å². The van der Waals surface area contributed by atoms with Crippen LogP contribution in [-0.4, -0.2) is 15.9 Å². The first-order valence-corrected chi connectivity index (χ1v) is 6.71. The van der Waals surface area contributed by atoms with Gasteiger partial charge in [-0.3, -0.25) is 9.78 Å². The van der Waals surface area contributed by atoms with E-state index in [1.807, 2.05) is 31.3 Å². The lowest BCUT2D eigenvalue weighted by molar-refractivity contribution is 0.0952.